The van der Waals surface area contributed by atoms with Gasteiger partial charge in [-0.25, -0.2) is 5.01 Å². The van der Waals surface area contributed by atoms with Crippen molar-refractivity contribution in [3.8, 4) is 23.0 Å². The van der Waals surface area contributed by atoms with Crippen LogP contribution in [0, 0.1) is 0 Å². The molecule has 0 saturated carbocycles. The van der Waals surface area contributed by atoms with Gasteiger partial charge in [0.05, 0.1) is 33.1 Å². The zero-order chi connectivity index (χ0) is 18.7. The molecule has 1 N–H and O–H groups in total. The topological polar surface area (TPSA) is 80.6 Å². The molecule has 7 heteroatoms. The molecule has 0 radical (unpaired) electrons. The number of benzene rings is 2. The van der Waals surface area contributed by atoms with Crippen molar-refractivity contribution in [1.82, 2.24) is 5.01 Å². The standard InChI is InChI=1S/C19H20N2O5/c1-24-17-8-13(9-18(25-2)19(17)26-3)16-10-15(20-21(16)11-22)12-4-6-14(23)7-5-12/h4-9,11,16,23H,10H2,1-3H3/t16-/m1/s1. The number of hydrogen-bond donors (Lipinski definition) is 1. The summed E-state index contributed by atoms with van der Waals surface area (Å²) >= 11 is 0. The fourth-order valence-electron chi connectivity index (χ4n) is 3.02. The summed E-state index contributed by atoms with van der Waals surface area (Å²) in [6, 6.07) is 10.1. The monoisotopic (exact) mass is 356 g/mol. The number of carbonyl (C=O) groups excluding carboxylic acids is 1. The van der Waals surface area contributed by atoms with E-state index in [0.717, 1.165) is 16.8 Å². The fourth-order valence-corrected chi connectivity index (χ4v) is 3.02. The smallest absolute Gasteiger partial charge is 0.230 e. The van der Waals surface area contributed by atoms with Gasteiger partial charge < -0.3 is 19.3 Å². The number of amides is 1. The Morgan fingerprint density at radius 3 is 2.19 bits per heavy atom. The van der Waals surface area contributed by atoms with E-state index in [-0.39, 0.29) is 11.8 Å². The molecule has 1 atom stereocenters. The first-order valence-corrected chi connectivity index (χ1v) is 8.01. The molecule has 1 aliphatic heterocycles. The second kappa shape index (κ2) is 7.35. The highest BCUT2D eigenvalue weighted by Gasteiger charge is 2.30. The van der Waals surface area contributed by atoms with Gasteiger partial charge in [-0.15, -0.1) is 0 Å². The average molecular weight is 356 g/mol. The molecule has 1 amide bonds. The Morgan fingerprint density at radius 1 is 1.08 bits per heavy atom. The van der Waals surface area contributed by atoms with E-state index in [1.54, 1.807) is 45.6 Å². The minimum atomic E-state index is -0.287. The van der Waals surface area contributed by atoms with Crippen LogP contribution in [-0.4, -0.2) is 43.6 Å². The van der Waals surface area contributed by atoms with E-state index in [1.165, 1.54) is 5.01 Å². The van der Waals surface area contributed by atoms with Crippen molar-refractivity contribution in [2.24, 2.45) is 5.10 Å². The molecule has 1 heterocycles. The zero-order valence-corrected chi connectivity index (χ0v) is 14.8. The SMILES string of the molecule is COc1cc([C@H]2CC(c3ccc(O)cc3)=NN2C=O)cc(OC)c1OC. The van der Waals surface area contributed by atoms with E-state index in [2.05, 4.69) is 5.10 Å². The number of ether oxygens (including phenoxy) is 3. The average Bonchev–Trinajstić information content (AvgIpc) is 3.11. The van der Waals surface area contributed by atoms with Gasteiger partial charge in [-0.05, 0) is 47.5 Å². The lowest BCUT2D eigenvalue weighted by Crippen LogP contribution is -2.17. The molecule has 136 valence electrons. The second-order valence-corrected chi connectivity index (χ2v) is 5.76. The maximum Gasteiger partial charge on any atom is 0.230 e. The van der Waals surface area contributed by atoms with E-state index in [0.29, 0.717) is 30.1 Å². The predicted octanol–water partition coefficient (Wildman–Crippen LogP) is 2.73. The van der Waals surface area contributed by atoms with Crippen LogP contribution in [0.2, 0.25) is 0 Å². The minimum absolute atomic E-state index is 0.181. The van der Waals surface area contributed by atoms with Gasteiger partial charge in [0.25, 0.3) is 0 Å². The molecule has 2 aromatic rings. The van der Waals surface area contributed by atoms with E-state index in [9.17, 15) is 9.90 Å². The van der Waals surface area contributed by atoms with Gasteiger partial charge >= 0.3 is 0 Å². The number of methoxy groups -OCH3 is 3. The summed E-state index contributed by atoms with van der Waals surface area (Å²) < 4.78 is 16.1. The van der Waals surface area contributed by atoms with E-state index in [1.807, 2.05) is 12.1 Å². The number of phenolic OH excluding ortho intramolecular Hbond substituents is 1. The number of rotatable bonds is 6. The predicted molar refractivity (Wildman–Crippen MR) is 96.0 cm³/mol. The Kier molecular flexibility index (Phi) is 4.97. The van der Waals surface area contributed by atoms with Crippen molar-refractivity contribution in [3.63, 3.8) is 0 Å². The summed E-state index contributed by atoms with van der Waals surface area (Å²) in [7, 11) is 4.64. The third-order valence-electron chi connectivity index (χ3n) is 4.32. The molecule has 26 heavy (non-hydrogen) atoms. The molecule has 3 rings (SSSR count). The zero-order valence-electron chi connectivity index (χ0n) is 14.8. The Labute approximate surface area is 151 Å². The van der Waals surface area contributed by atoms with Crippen molar-refractivity contribution in [2.45, 2.75) is 12.5 Å². The summed E-state index contributed by atoms with van der Waals surface area (Å²) in [5, 5.41) is 15.2. The van der Waals surface area contributed by atoms with Crippen LogP contribution in [-0.2, 0) is 4.79 Å². The summed E-state index contributed by atoms with van der Waals surface area (Å²) in [6.07, 6.45) is 1.23. The molecule has 0 unspecified atom stereocenters. The van der Waals surface area contributed by atoms with Crippen molar-refractivity contribution in [1.29, 1.82) is 0 Å². The van der Waals surface area contributed by atoms with Crippen LogP contribution >= 0.6 is 0 Å². The van der Waals surface area contributed by atoms with Crippen LogP contribution < -0.4 is 14.2 Å². The molecule has 0 spiro atoms. The van der Waals surface area contributed by atoms with Crippen LogP contribution in [0.5, 0.6) is 23.0 Å². The van der Waals surface area contributed by atoms with Gasteiger partial charge in [-0.1, -0.05) is 0 Å². The number of phenols is 1. The van der Waals surface area contributed by atoms with Crippen molar-refractivity contribution in [3.05, 3.63) is 47.5 Å². The Hall–Kier alpha value is -3.22. The first-order chi connectivity index (χ1) is 12.6. The quantitative estimate of drug-likeness (QED) is 0.805. The summed E-state index contributed by atoms with van der Waals surface area (Å²) in [5.41, 5.74) is 2.43. The molecule has 1 aliphatic rings. The lowest BCUT2D eigenvalue weighted by Gasteiger charge is -2.20. The summed E-state index contributed by atoms with van der Waals surface area (Å²) in [5.74, 6) is 1.71. The highest BCUT2D eigenvalue weighted by Crippen LogP contribution is 2.42. The Balaban J connectivity index is 1.97. The molecular formula is C19H20N2O5. The molecule has 7 nitrogen and oxygen atoms in total. The van der Waals surface area contributed by atoms with Crippen molar-refractivity contribution in [2.75, 3.05) is 21.3 Å². The van der Waals surface area contributed by atoms with Gasteiger partial charge in [-0.2, -0.15) is 5.10 Å². The fraction of sp³-hybridized carbons (Fsp3) is 0.263. The highest BCUT2D eigenvalue weighted by molar-refractivity contribution is 6.02. The second-order valence-electron chi connectivity index (χ2n) is 5.76. The molecule has 0 aliphatic carbocycles. The van der Waals surface area contributed by atoms with Crippen molar-refractivity contribution < 1.29 is 24.1 Å². The summed E-state index contributed by atoms with van der Waals surface area (Å²) in [4.78, 5) is 11.5. The third-order valence-corrected chi connectivity index (χ3v) is 4.32. The Bertz CT molecular complexity index is 807. The van der Waals surface area contributed by atoms with E-state index in [4.69, 9.17) is 14.2 Å². The number of hydrazone groups is 1. The maximum atomic E-state index is 11.5. The molecular weight excluding hydrogens is 336 g/mol. The first-order valence-electron chi connectivity index (χ1n) is 8.01. The van der Waals surface area contributed by atoms with Crippen LogP contribution in [0.25, 0.3) is 0 Å². The van der Waals surface area contributed by atoms with Gasteiger partial charge in [0.2, 0.25) is 12.2 Å². The van der Waals surface area contributed by atoms with Gasteiger partial charge in [0.1, 0.15) is 5.75 Å². The largest absolute Gasteiger partial charge is 0.508 e. The van der Waals surface area contributed by atoms with Crippen molar-refractivity contribution >= 4 is 12.1 Å². The number of nitrogens with zero attached hydrogens (tertiary/aromatic N) is 2. The third kappa shape index (κ3) is 3.15. The maximum absolute atomic E-state index is 11.5. The molecule has 0 aromatic heterocycles. The normalized spacial score (nSPS) is 16.2. The molecule has 0 saturated heterocycles. The molecule has 2 aromatic carbocycles. The van der Waals surface area contributed by atoms with Gasteiger partial charge in [0, 0.05) is 6.42 Å². The highest BCUT2D eigenvalue weighted by atomic mass is 16.5. The van der Waals surface area contributed by atoms with Crippen LogP contribution in [0.1, 0.15) is 23.6 Å². The number of aromatic hydroxyl groups is 1. The molecule has 0 bridgehead atoms. The van der Waals surface area contributed by atoms with Gasteiger partial charge in [0.15, 0.2) is 11.5 Å². The summed E-state index contributed by atoms with van der Waals surface area (Å²) in [6.45, 7) is 0. The number of carbonyl (C=O) groups is 1. The first kappa shape index (κ1) is 17.6. The lowest BCUT2D eigenvalue weighted by molar-refractivity contribution is -0.119. The van der Waals surface area contributed by atoms with Crippen LogP contribution in [0.15, 0.2) is 41.5 Å². The molecule has 0 fully saturated rings. The van der Waals surface area contributed by atoms with Gasteiger partial charge in [-0.3, -0.25) is 4.79 Å². The number of hydrogen-bond acceptors (Lipinski definition) is 6. The van der Waals surface area contributed by atoms with E-state index < -0.39 is 0 Å². The Morgan fingerprint density at radius 2 is 1.69 bits per heavy atom. The lowest BCUT2D eigenvalue weighted by atomic mass is 9.98. The van der Waals surface area contributed by atoms with E-state index >= 15 is 0 Å². The van der Waals surface area contributed by atoms with Crippen LogP contribution in [0.3, 0.4) is 0 Å². The van der Waals surface area contributed by atoms with Crippen LogP contribution in [0.4, 0.5) is 0 Å². The minimum Gasteiger partial charge on any atom is -0.508 e.